The zero-order chi connectivity index (χ0) is 22.8. The molecule has 0 bridgehead atoms. The normalized spacial score (nSPS) is 17.5. The number of nitrogens with zero attached hydrogens (tertiary/aromatic N) is 1. The van der Waals surface area contributed by atoms with Crippen LogP contribution in [-0.2, 0) is 9.59 Å². The molecule has 1 saturated heterocycles. The van der Waals surface area contributed by atoms with Crippen molar-refractivity contribution in [2.24, 2.45) is 0 Å². The van der Waals surface area contributed by atoms with Crippen LogP contribution in [0, 0.1) is 0 Å². The Hall–Kier alpha value is -3.58. The monoisotopic (exact) mass is 493 g/mol. The Morgan fingerprint density at radius 1 is 0.906 bits per heavy atom. The van der Waals surface area contributed by atoms with Gasteiger partial charge in [-0.05, 0) is 35.9 Å². The van der Waals surface area contributed by atoms with Crippen molar-refractivity contribution in [3.8, 4) is 11.5 Å². The van der Waals surface area contributed by atoms with E-state index in [1.165, 1.54) is 19.1 Å². The van der Waals surface area contributed by atoms with Gasteiger partial charge in [0.1, 0.15) is 5.76 Å². The molecule has 0 saturated carbocycles. The first-order chi connectivity index (χ1) is 15.5. The van der Waals surface area contributed by atoms with E-state index in [-0.39, 0.29) is 11.3 Å². The number of anilines is 1. The minimum absolute atomic E-state index is 0.00777. The summed E-state index contributed by atoms with van der Waals surface area (Å²) >= 11 is 3.42. The molecule has 1 N–H and O–H groups in total. The summed E-state index contributed by atoms with van der Waals surface area (Å²) in [5, 5.41) is 11.1. The number of aliphatic hydroxyl groups is 1. The molecule has 1 atom stereocenters. The van der Waals surface area contributed by atoms with Crippen molar-refractivity contribution < 1.29 is 24.2 Å². The van der Waals surface area contributed by atoms with E-state index >= 15 is 0 Å². The van der Waals surface area contributed by atoms with Crippen molar-refractivity contribution >= 4 is 39.1 Å². The molecule has 3 aromatic carbocycles. The molecule has 32 heavy (non-hydrogen) atoms. The Labute approximate surface area is 193 Å². The van der Waals surface area contributed by atoms with Gasteiger partial charge in [0.05, 0.1) is 25.8 Å². The minimum Gasteiger partial charge on any atom is -0.507 e. The fraction of sp³-hybridized carbons (Fsp3) is 0.120. The maximum Gasteiger partial charge on any atom is 0.300 e. The van der Waals surface area contributed by atoms with Crippen LogP contribution in [-0.4, -0.2) is 31.0 Å². The van der Waals surface area contributed by atoms with Crippen LogP contribution >= 0.6 is 15.9 Å². The van der Waals surface area contributed by atoms with Crippen LogP contribution in [0.25, 0.3) is 5.76 Å². The number of ether oxygens (including phenoxy) is 2. The van der Waals surface area contributed by atoms with E-state index in [1.807, 2.05) is 12.1 Å². The van der Waals surface area contributed by atoms with E-state index in [1.54, 1.807) is 60.7 Å². The van der Waals surface area contributed by atoms with Gasteiger partial charge in [-0.3, -0.25) is 14.5 Å². The number of benzene rings is 3. The Bertz CT molecular complexity index is 1220. The van der Waals surface area contributed by atoms with Gasteiger partial charge in [-0.1, -0.05) is 58.4 Å². The number of hydrogen-bond acceptors (Lipinski definition) is 5. The highest BCUT2D eigenvalue weighted by Crippen LogP contribution is 2.44. The molecule has 1 aliphatic heterocycles. The summed E-state index contributed by atoms with van der Waals surface area (Å²) < 4.78 is 11.5. The number of amides is 1. The third-order valence-corrected chi connectivity index (χ3v) is 5.79. The number of rotatable bonds is 5. The van der Waals surface area contributed by atoms with Gasteiger partial charge in [0.2, 0.25) is 0 Å². The van der Waals surface area contributed by atoms with E-state index in [4.69, 9.17) is 9.47 Å². The summed E-state index contributed by atoms with van der Waals surface area (Å²) in [5.74, 6) is -0.754. The van der Waals surface area contributed by atoms with Crippen molar-refractivity contribution in [2.75, 3.05) is 19.1 Å². The van der Waals surface area contributed by atoms with Gasteiger partial charge in [-0.2, -0.15) is 0 Å². The lowest BCUT2D eigenvalue weighted by Crippen LogP contribution is -2.29. The number of hydrogen-bond donors (Lipinski definition) is 1. The largest absolute Gasteiger partial charge is 0.507 e. The van der Waals surface area contributed by atoms with Gasteiger partial charge in [-0.25, -0.2) is 0 Å². The topological polar surface area (TPSA) is 76.1 Å². The molecule has 3 aromatic rings. The second-order valence-corrected chi connectivity index (χ2v) is 8.05. The quantitative estimate of drug-likeness (QED) is 0.304. The van der Waals surface area contributed by atoms with Crippen molar-refractivity contribution in [3.63, 3.8) is 0 Å². The number of Topliss-reactive ketones (excluding diaryl/α,β-unsaturated/α-hetero) is 1. The zero-order valence-corrected chi connectivity index (χ0v) is 19.0. The highest BCUT2D eigenvalue weighted by Gasteiger charge is 2.47. The average Bonchev–Trinajstić information content (AvgIpc) is 3.09. The standard InChI is InChI=1S/C25H20BrNO5/c1-31-19-12-11-16(13-20(19)32-2)22-21(23(28)15-7-4-3-5-8-15)24(29)25(30)27(22)18-10-6-9-17(26)14-18/h3-14,22,28H,1-2H3/b23-21-. The molecule has 7 heteroatoms. The molecule has 1 aliphatic rings. The van der Waals surface area contributed by atoms with Gasteiger partial charge >= 0.3 is 0 Å². The predicted molar refractivity (Wildman–Crippen MR) is 125 cm³/mol. The van der Waals surface area contributed by atoms with Crippen molar-refractivity contribution in [1.82, 2.24) is 0 Å². The van der Waals surface area contributed by atoms with E-state index in [0.29, 0.717) is 28.3 Å². The van der Waals surface area contributed by atoms with Crippen LogP contribution in [0.15, 0.2) is 82.8 Å². The summed E-state index contributed by atoms with van der Waals surface area (Å²) in [6.45, 7) is 0. The molecule has 4 rings (SSSR count). The molecule has 0 aliphatic carbocycles. The first kappa shape index (κ1) is 21.6. The SMILES string of the molecule is COc1ccc(C2/C(=C(/O)c3ccccc3)C(=O)C(=O)N2c2cccc(Br)c2)cc1OC. The number of carbonyl (C=O) groups excluding carboxylic acids is 2. The molecular weight excluding hydrogens is 474 g/mol. The van der Waals surface area contributed by atoms with Crippen molar-refractivity contribution in [1.29, 1.82) is 0 Å². The Morgan fingerprint density at radius 3 is 2.28 bits per heavy atom. The molecule has 1 unspecified atom stereocenters. The molecule has 0 aromatic heterocycles. The Kier molecular flexibility index (Phi) is 6.01. The molecule has 1 amide bonds. The molecule has 0 spiro atoms. The number of ketones is 1. The van der Waals surface area contributed by atoms with E-state index < -0.39 is 17.7 Å². The maximum absolute atomic E-state index is 13.2. The lowest BCUT2D eigenvalue weighted by atomic mass is 9.94. The van der Waals surface area contributed by atoms with Gasteiger partial charge in [0, 0.05) is 15.7 Å². The van der Waals surface area contributed by atoms with Crippen LogP contribution in [0.1, 0.15) is 17.2 Å². The number of methoxy groups -OCH3 is 2. The fourth-order valence-electron chi connectivity index (χ4n) is 3.81. The second kappa shape index (κ2) is 8.88. The van der Waals surface area contributed by atoms with Crippen LogP contribution in [0.5, 0.6) is 11.5 Å². The highest BCUT2D eigenvalue weighted by atomic mass is 79.9. The third kappa shape index (κ3) is 3.76. The van der Waals surface area contributed by atoms with Gasteiger partial charge < -0.3 is 14.6 Å². The summed E-state index contributed by atoms with van der Waals surface area (Å²) in [7, 11) is 3.04. The second-order valence-electron chi connectivity index (χ2n) is 7.13. The van der Waals surface area contributed by atoms with Gasteiger partial charge in [0.25, 0.3) is 11.7 Å². The fourth-order valence-corrected chi connectivity index (χ4v) is 4.20. The molecule has 162 valence electrons. The van der Waals surface area contributed by atoms with E-state index in [9.17, 15) is 14.7 Å². The average molecular weight is 494 g/mol. The highest BCUT2D eigenvalue weighted by molar-refractivity contribution is 9.10. The van der Waals surface area contributed by atoms with Gasteiger partial charge in [-0.15, -0.1) is 0 Å². The molecule has 1 heterocycles. The molecule has 6 nitrogen and oxygen atoms in total. The summed E-state index contributed by atoms with van der Waals surface area (Å²) in [6, 6.07) is 20.1. The summed E-state index contributed by atoms with van der Waals surface area (Å²) in [5.41, 5.74) is 1.58. The number of carbonyl (C=O) groups is 2. The predicted octanol–water partition coefficient (Wildman–Crippen LogP) is 5.09. The number of halogens is 1. The zero-order valence-electron chi connectivity index (χ0n) is 17.4. The third-order valence-electron chi connectivity index (χ3n) is 5.30. The molecule has 0 radical (unpaired) electrons. The van der Waals surface area contributed by atoms with Crippen LogP contribution in [0.3, 0.4) is 0 Å². The van der Waals surface area contributed by atoms with Crippen molar-refractivity contribution in [3.05, 3.63) is 94.0 Å². The van der Waals surface area contributed by atoms with Crippen LogP contribution in [0.4, 0.5) is 5.69 Å². The smallest absolute Gasteiger partial charge is 0.300 e. The number of aliphatic hydroxyl groups excluding tert-OH is 1. The Morgan fingerprint density at radius 2 is 1.62 bits per heavy atom. The summed E-state index contributed by atoms with van der Waals surface area (Å²) in [4.78, 5) is 27.7. The van der Waals surface area contributed by atoms with Gasteiger partial charge in [0.15, 0.2) is 11.5 Å². The molecule has 1 fully saturated rings. The van der Waals surface area contributed by atoms with Crippen molar-refractivity contribution in [2.45, 2.75) is 6.04 Å². The van der Waals surface area contributed by atoms with Crippen LogP contribution in [0.2, 0.25) is 0 Å². The first-order valence-electron chi connectivity index (χ1n) is 9.80. The maximum atomic E-state index is 13.2. The lowest BCUT2D eigenvalue weighted by molar-refractivity contribution is -0.132. The van der Waals surface area contributed by atoms with E-state index in [2.05, 4.69) is 15.9 Å². The Balaban J connectivity index is 1.97. The molecular formula is C25H20BrNO5. The van der Waals surface area contributed by atoms with E-state index in [0.717, 1.165) is 4.47 Å². The lowest BCUT2D eigenvalue weighted by Gasteiger charge is -2.26. The van der Waals surface area contributed by atoms with Crippen LogP contribution < -0.4 is 14.4 Å². The first-order valence-corrected chi connectivity index (χ1v) is 10.6. The minimum atomic E-state index is -0.857. The summed E-state index contributed by atoms with van der Waals surface area (Å²) in [6.07, 6.45) is 0.